The first-order valence-electron chi connectivity index (χ1n) is 12.5. The molecule has 3 aliphatic rings. The summed E-state index contributed by atoms with van der Waals surface area (Å²) in [5.41, 5.74) is 2.44. The second-order valence-electron chi connectivity index (χ2n) is 9.41. The molecule has 3 rings (SSSR count). The van der Waals surface area contributed by atoms with Crippen molar-refractivity contribution in [3.63, 3.8) is 0 Å². The third kappa shape index (κ3) is 8.26. The predicted octanol–water partition coefficient (Wildman–Crippen LogP) is 7.13. The molecule has 2 nitrogen and oxygen atoms in total. The molecule has 0 bridgehead atoms. The molecule has 2 N–H and O–H groups in total. The van der Waals surface area contributed by atoms with Gasteiger partial charge in [-0.25, -0.2) is 0 Å². The van der Waals surface area contributed by atoms with Crippen LogP contribution in [0, 0.1) is 5.92 Å². The molecular weight excluding hydrogens is 354 g/mol. The summed E-state index contributed by atoms with van der Waals surface area (Å²) in [4.78, 5) is 0. The van der Waals surface area contributed by atoms with Gasteiger partial charge in [-0.1, -0.05) is 114 Å². The van der Waals surface area contributed by atoms with Gasteiger partial charge < -0.3 is 5.11 Å². The fraction of sp³-hybridized carbons (Fsp3) is 0.704. The highest BCUT2D eigenvalue weighted by atomic mass is 16.3. The molecule has 2 fully saturated rings. The second kappa shape index (κ2) is 13.2. The van der Waals surface area contributed by atoms with E-state index in [1.165, 1.54) is 108 Å². The van der Waals surface area contributed by atoms with Gasteiger partial charge in [-0.3, -0.25) is 5.32 Å². The minimum atomic E-state index is -0.568. The van der Waals surface area contributed by atoms with Crippen molar-refractivity contribution in [2.24, 2.45) is 5.92 Å². The molecule has 0 aliphatic heterocycles. The van der Waals surface area contributed by atoms with E-state index < -0.39 is 6.23 Å². The van der Waals surface area contributed by atoms with Gasteiger partial charge in [0.05, 0.1) is 0 Å². The van der Waals surface area contributed by atoms with Crippen molar-refractivity contribution in [2.45, 2.75) is 115 Å². The number of nitrogens with one attached hydrogen (secondary N) is 1. The maximum Gasteiger partial charge on any atom is 0.131 e. The molecule has 0 aromatic heterocycles. The Hall–Kier alpha value is -1.12. The standard InChI is InChI=1S/C27H43NO/c29-27(28-26-19-11-7-3-4-8-12-20-26)25-18-14-13-17-24(21-22-25)23-15-9-5-1-2-6-10-16-23/h13-14,17-18,21-23,26-29H,1-12,15-16,19-20H2/b14-13?,17-13-,18-14?,22-21?,24-17?,24-21+,25-18?,25-22?. The number of rotatable bonds is 4. The van der Waals surface area contributed by atoms with E-state index in [1.807, 2.05) is 0 Å². The number of aliphatic hydroxyl groups excluding tert-OH is 1. The van der Waals surface area contributed by atoms with E-state index in [0.29, 0.717) is 12.0 Å². The highest BCUT2D eigenvalue weighted by Crippen LogP contribution is 2.29. The maximum absolute atomic E-state index is 10.9. The Morgan fingerprint density at radius 1 is 0.655 bits per heavy atom. The van der Waals surface area contributed by atoms with Gasteiger partial charge in [0.15, 0.2) is 0 Å². The topological polar surface area (TPSA) is 32.3 Å². The second-order valence-corrected chi connectivity index (χ2v) is 9.41. The summed E-state index contributed by atoms with van der Waals surface area (Å²) in [7, 11) is 0. The number of hydrogen-bond donors (Lipinski definition) is 2. The van der Waals surface area contributed by atoms with Crippen LogP contribution in [0.3, 0.4) is 0 Å². The van der Waals surface area contributed by atoms with Gasteiger partial charge in [0, 0.05) is 6.04 Å². The molecule has 0 saturated heterocycles. The third-order valence-electron chi connectivity index (χ3n) is 7.05. The molecule has 0 amide bonds. The van der Waals surface area contributed by atoms with Crippen molar-refractivity contribution in [2.75, 3.05) is 0 Å². The molecule has 1 unspecified atom stereocenters. The van der Waals surface area contributed by atoms with Gasteiger partial charge >= 0.3 is 0 Å². The zero-order valence-corrected chi connectivity index (χ0v) is 18.5. The lowest BCUT2D eigenvalue weighted by Gasteiger charge is -2.23. The van der Waals surface area contributed by atoms with Crippen LogP contribution in [0.15, 0.2) is 47.6 Å². The molecule has 0 radical (unpaired) electrons. The summed E-state index contributed by atoms with van der Waals surface area (Å²) in [5.74, 6) is 0.674. The Morgan fingerprint density at radius 2 is 1.17 bits per heavy atom. The summed E-state index contributed by atoms with van der Waals surface area (Å²) < 4.78 is 0. The fourth-order valence-corrected chi connectivity index (χ4v) is 5.18. The molecule has 162 valence electrons. The average Bonchev–Trinajstić information content (AvgIpc) is 2.91. The smallest absolute Gasteiger partial charge is 0.131 e. The zero-order valence-electron chi connectivity index (χ0n) is 18.5. The Morgan fingerprint density at radius 3 is 1.79 bits per heavy atom. The summed E-state index contributed by atoms with van der Waals surface area (Å²) in [6, 6.07) is 0.441. The summed E-state index contributed by atoms with van der Waals surface area (Å²) in [6.45, 7) is 0. The molecule has 0 heterocycles. The van der Waals surface area contributed by atoms with Crippen LogP contribution in [0.1, 0.15) is 103 Å². The van der Waals surface area contributed by atoms with Gasteiger partial charge in [0.2, 0.25) is 0 Å². The van der Waals surface area contributed by atoms with Crippen molar-refractivity contribution < 1.29 is 5.11 Å². The maximum atomic E-state index is 10.9. The van der Waals surface area contributed by atoms with E-state index in [-0.39, 0.29) is 0 Å². The monoisotopic (exact) mass is 397 g/mol. The van der Waals surface area contributed by atoms with Crippen LogP contribution in [0.4, 0.5) is 0 Å². The van der Waals surface area contributed by atoms with Crippen LogP contribution in [0.25, 0.3) is 0 Å². The Labute approximate surface area is 179 Å². The van der Waals surface area contributed by atoms with Crippen LogP contribution in [-0.4, -0.2) is 17.4 Å². The van der Waals surface area contributed by atoms with Crippen LogP contribution >= 0.6 is 0 Å². The Bertz CT molecular complexity index is 565. The molecule has 29 heavy (non-hydrogen) atoms. The summed E-state index contributed by atoms with van der Waals surface area (Å²) >= 11 is 0. The van der Waals surface area contributed by atoms with Gasteiger partial charge in [-0.15, -0.1) is 0 Å². The lowest BCUT2D eigenvalue weighted by molar-refractivity contribution is 0.153. The zero-order chi connectivity index (χ0) is 20.2. The van der Waals surface area contributed by atoms with Crippen molar-refractivity contribution in [3.8, 4) is 0 Å². The van der Waals surface area contributed by atoms with Gasteiger partial charge in [0.1, 0.15) is 6.23 Å². The number of allylic oxidation sites excluding steroid dienone is 6. The Balaban J connectivity index is 1.63. The van der Waals surface area contributed by atoms with Crippen LogP contribution < -0.4 is 5.32 Å². The first kappa shape index (κ1) is 22.6. The lowest BCUT2D eigenvalue weighted by atomic mass is 9.88. The minimum Gasteiger partial charge on any atom is -0.374 e. The van der Waals surface area contributed by atoms with Gasteiger partial charge in [-0.2, -0.15) is 0 Å². The number of hydrogen-bond acceptors (Lipinski definition) is 2. The molecule has 0 aromatic rings. The largest absolute Gasteiger partial charge is 0.374 e. The molecule has 0 spiro atoms. The van der Waals surface area contributed by atoms with E-state index in [4.69, 9.17) is 0 Å². The van der Waals surface area contributed by atoms with E-state index >= 15 is 0 Å². The van der Waals surface area contributed by atoms with Crippen molar-refractivity contribution in [1.82, 2.24) is 5.32 Å². The van der Waals surface area contributed by atoms with E-state index in [0.717, 1.165) is 5.57 Å². The van der Waals surface area contributed by atoms with E-state index in [9.17, 15) is 5.11 Å². The summed E-state index contributed by atoms with van der Waals surface area (Å²) in [5, 5.41) is 14.4. The Kier molecular flexibility index (Phi) is 10.3. The predicted molar refractivity (Wildman–Crippen MR) is 125 cm³/mol. The SMILES string of the molecule is OC(NC1CCCCCCCC1)C1=C/C=C(C2CCCCCCCC2)\C=C/C=C1. The number of aliphatic hydroxyl groups is 1. The average molecular weight is 398 g/mol. The van der Waals surface area contributed by atoms with Crippen molar-refractivity contribution in [3.05, 3.63) is 47.6 Å². The molecule has 1 atom stereocenters. The minimum absolute atomic E-state index is 0.441. The fourth-order valence-electron chi connectivity index (χ4n) is 5.18. The molecule has 2 saturated carbocycles. The first-order chi connectivity index (χ1) is 14.3. The third-order valence-corrected chi connectivity index (χ3v) is 7.05. The van der Waals surface area contributed by atoms with Crippen LogP contribution in [0.2, 0.25) is 0 Å². The molecule has 2 heteroatoms. The molecule has 0 aromatic carbocycles. The quantitative estimate of drug-likeness (QED) is 0.495. The van der Waals surface area contributed by atoms with Gasteiger partial charge in [-0.05, 0) is 42.7 Å². The van der Waals surface area contributed by atoms with Crippen LogP contribution in [-0.2, 0) is 0 Å². The molecular formula is C27H43NO. The van der Waals surface area contributed by atoms with Crippen molar-refractivity contribution in [1.29, 1.82) is 0 Å². The van der Waals surface area contributed by atoms with Gasteiger partial charge in [0.25, 0.3) is 0 Å². The first-order valence-corrected chi connectivity index (χ1v) is 12.5. The van der Waals surface area contributed by atoms with E-state index in [2.05, 4.69) is 41.8 Å². The highest BCUT2D eigenvalue weighted by Gasteiger charge is 2.17. The van der Waals surface area contributed by atoms with E-state index in [1.54, 1.807) is 0 Å². The van der Waals surface area contributed by atoms with Crippen molar-refractivity contribution >= 4 is 0 Å². The normalized spacial score (nSPS) is 28.0. The molecule has 3 aliphatic carbocycles. The van der Waals surface area contributed by atoms with Crippen LogP contribution in [0.5, 0.6) is 0 Å². The lowest BCUT2D eigenvalue weighted by Crippen LogP contribution is -2.39. The highest BCUT2D eigenvalue weighted by molar-refractivity contribution is 5.38. The summed E-state index contributed by atoms with van der Waals surface area (Å²) in [6.07, 6.45) is 33.8.